The summed E-state index contributed by atoms with van der Waals surface area (Å²) in [4.78, 5) is 15.5. The van der Waals surface area contributed by atoms with Crippen LogP contribution in [0, 0.1) is 6.92 Å². The first-order chi connectivity index (χ1) is 6.87. The Hall–Kier alpha value is -1.58. The van der Waals surface area contributed by atoms with Crippen molar-refractivity contribution in [2.75, 3.05) is 5.32 Å². The van der Waals surface area contributed by atoms with Gasteiger partial charge in [-0.15, -0.1) is 0 Å². The number of aryl methyl sites for hydroxylation is 1. The van der Waals surface area contributed by atoms with Crippen LogP contribution in [0.2, 0.25) is 0 Å². The molecule has 0 saturated carbocycles. The van der Waals surface area contributed by atoms with Gasteiger partial charge in [0, 0.05) is 23.1 Å². The van der Waals surface area contributed by atoms with E-state index in [2.05, 4.69) is 15.6 Å². The van der Waals surface area contributed by atoms with Crippen molar-refractivity contribution in [1.29, 1.82) is 0 Å². The Morgan fingerprint density at radius 3 is 2.60 bits per heavy atom. The molecule has 82 valence electrons. The van der Waals surface area contributed by atoms with Crippen molar-refractivity contribution >= 4 is 11.7 Å². The third kappa shape index (κ3) is 4.44. The van der Waals surface area contributed by atoms with Gasteiger partial charge in [-0.25, -0.2) is 4.79 Å². The number of pyridine rings is 1. The van der Waals surface area contributed by atoms with Crippen LogP contribution in [-0.2, 0) is 0 Å². The Balaban J connectivity index is 2.59. The first-order valence-corrected chi connectivity index (χ1v) is 4.89. The van der Waals surface area contributed by atoms with Crippen molar-refractivity contribution in [3.63, 3.8) is 0 Å². The van der Waals surface area contributed by atoms with Crippen LogP contribution in [0.4, 0.5) is 10.5 Å². The SMILES string of the molecule is Cc1cc(NC(=O)NC(C)(C)C)ccn1. The fraction of sp³-hybridized carbons (Fsp3) is 0.455. The first-order valence-electron chi connectivity index (χ1n) is 4.89. The number of rotatable bonds is 1. The quantitative estimate of drug-likeness (QED) is 0.742. The highest BCUT2D eigenvalue weighted by Gasteiger charge is 2.13. The summed E-state index contributed by atoms with van der Waals surface area (Å²) < 4.78 is 0. The summed E-state index contributed by atoms with van der Waals surface area (Å²) in [6.07, 6.45) is 1.67. The molecule has 2 amide bonds. The van der Waals surface area contributed by atoms with E-state index in [0.717, 1.165) is 11.4 Å². The van der Waals surface area contributed by atoms with E-state index >= 15 is 0 Å². The number of anilines is 1. The minimum Gasteiger partial charge on any atom is -0.333 e. The van der Waals surface area contributed by atoms with Crippen molar-refractivity contribution in [3.8, 4) is 0 Å². The van der Waals surface area contributed by atoms with Gasteiger partial charge < -0.3 is 10.6 Å². The summed E-state index contributed by atoms with van der Waals surface area (Å²) in [5.74, 6) is 0. The molecule has 1 rings (SSSR count). The summed E-state index contributed by atoms with van der Waals surface area (Å²) in [5, 5.41) is 5.57. The van der Waals surface area contributed by atoms with Crippen LogP contribution >= 0.6 is 0 Å². The van der Waals surface area contributed by atoms with Gasteiger partial charge >= 0.3 is 6.03 Å². The molecule has 0 spiro atoms. The zero-order valence-electron chi connectivity index (χ0n) is 9.59. The maximum atomic E-state index is 11.5. The second-order valence-electron chi connectivity index (χ2n) is 4.52. The zero-order valence-corrected chi connectivity index (χ0v) is 9.59. The number of hydrogen-bond donors (Lipinski definition) is 2. The van der Waals surface area contributed by atoms with Crippen LogP contribution in [0.5, 0.6) is 0 Å². The summed E-state index contributed by atoms with van der Waals surface area (Å²) in [7, 11) is 0. The Labute approximate surface area is 90.1 Å². The number of aromatic nitrogens is 1. The summed E-state index contributed by atoms with van der Waals surface area (Å²) in [5.41, 5.74) is 1.40. The average molecular weight is 207 g/mol. The fourth-order valence-electron chi connectivity index (χ4n) is 1.13. The standard InChI is InChI=1S/C11H17N3O/c1-8-7-9(5-6-12-8)13-10(15)14-11(2,3)4/h5-7H,1-4H3,(H2,12,13,14,15). The van der Waals surface area contributed by atoms with Gasteiger partial charge in [0.05, 0.1) is 0 Å². The van der Waals surface area contributed by atoms with E-state index in [1.165, 1.54) is 0 Å². The third-order valence-corrected chi connectivity index (χ3v) is 1.64. The number of nitrogens with zero attached hydrogens (tertiary/aromatic N) is 1. The Kier molecular flexibility index (Phi) is 3.29. The maximum Gasteiger partial charge on any atom is 0.319 e. The molecule has 15 heavy (non-hydrogen) atoms. The maximum absolute atomic E-state index is 11.5. The Morgan fingerprint density at radius 1 is 1.40 bits per heavy atom. The summed E-state index contributed by atoms with van der Waals surface area (Å²) in [6, 6.07) is 3.38. The van der Waals surface area contributed by atoms with E-state index in [1.54, 1.807) is 12.3 Å². The lowest BCUT2D eigenvalue weighted by molar-refractivity contribution is 0.244. The lowest BCUT2D eigenvalue weighted by atomic mass is 10.1. The molecule has 1 aromatic rings. The topological polar surface area (TPSA) is 54.0 Å². The molecule has 0 saturated heterocycles. The van der Waals surface area contributed by atoms with Crippen LogP contribution in [0.1, 0.15) is 26.5 Å². The van der Waals surface area contributed by atoms with Gasteiger partial charge in [0.1, 0.15) is 0 Å². The molecule has 2 N–H and O–H groups in total. The predicted molar refractivity (Wildman–Crippen MR) is 60.9 cm³/mol. The highest BCUT2D eigenvalue weighted by atomic mass is 16.2. The molecule has 0 aromatic carbocycles. The van der Waals surface area contributed by atoms with Crippen LogP contribution in [0.15, 0.2) is 18.3 Å². The minimum absolute atomic E-state index is 0.201. The molecule has 4 nitrogen and oxygen atoms in total. The number of carbonyl (C=O) groups excluding carboxylic acids is 1. The van der Waals surface area contributed by atoms with Crippen molar-refractivity contribution in [2.45, 2.75) is 33.2 Å². The zero-order chi connectivity index (χ0) is 11.5. The van der Waals surface area contributed by atoms with Gasteiger partial charge in [-0.3, -0.25) is 4.98 Å². The minimum atomic E-state index is -0.230. The highest BCUT2D eigenvalue weighted by Crippen LogP contribution is 2.07. The first kappa shape index (κ1) is 11.5. The molecule has 1 heterocycles. The van der Waals surface area contributed by atoms with Crippen LogP contribution < -0.4 is 10.6 Å². The lowest BCUT2D eigenvalue weighted by Gasteiger charge is -2.20. The molecule has 1 aromatic heterocycles. The van der Waals surface area contributed by atoms with Crippen molar-refractivity contribution < 1.29 is 4.79 Å². The smallest absolute Gasteiger partial charge is 0.319 e. The number of nitrogens with one attached hydrogen (secondary N) is 2. The van der Waals surface area contributed by atoms with E-state index in [1.807, 2.05) is 33.8 Å². The van der Waals surface area contributed by atoms with Crippen LogP contribution in [0.25, 0.3) is 0 Å². The van der Waals surface area contributed by atoms with E-state index in [-0.39, 0.29) is 11.6 Å². The van der Waals surface area contributed by atoms with Crippen molar-refractivity contribution in [2.24, 2.45) is 0 Å². The monoisotopic (exact) mass is 207 g/mol. The van der Waals surface area contributed by atoms with Gasteiger partial charge in [0.15, 0.2) is 0 Å². The molecule has 0 aliphatic rings. The van der Waals surface area contributed by atoms with Crippen molar-refractivity contribution in [3.05, 3.63) is 24.0 Å². The largest absolute Gasteiger partial charge is 0.333 e. The Bertz CT molecular complexity index is 355. The van der Waals surface area contributed by atoms with E-state index < -0.39 is 0 Å². The van der Waals surface area contributed by atoms with Gasteiger partial charge in [0.25, 0.3) is 0 Å². The molecule has 0 fully saturated rings. The van der Waals surface area contributed by atoms with E-state index in [4.69, 9.17) is 0 Å². The van der Waals surface area contributed by atoms with Gasteiger partial charge in [-0.1, -0.05) is 0 Å². The number of carbonyl (C=O) groups is 1. The lowest BCUT2D eigenvalue weighted by Crippen LogP contribution is -2.43. The molecular weight excluding hydrogens is 190 g/mol. The number of amides is 2. The molecule has 0 unspecified atom stereocenters. The van der Waals surface area contributed by atoms with Crippen LogP contribution in [0.3, 0.4) is 0 Å². The molecular formula is C11H17N3O. The van der Waals surface area contributed by atoms with Gasteiger partial charge in [0.2, 0.25) is 0 Å². The summed E-state index contributed by atoms with van der Waals surface area (Å²) >= 11 is 0. The second-order valence-corrected chi connectivity index (χ2v) is 4.52. The van der Waals surface area contributed by atoms with Gasteiger partial charge in [-0.2, -0.15) is 0 Å². The average Bonchev–Trinajstić information content (AvgIpc) is 1.99. The van der Waals surface area contributed by atoms with E-state index in [0.29, 0.717) is 0 Å². The van der Waals surface area contributed by atoms with Crippen molar-refractivity contribution in [1.82, 2.24) is 10.3 Å². The summed E-state index contributed by atoms with van der Waals surface area (Å²) in [6.45, 7) is 7.69. The normalized spacial score (nSPS) is 10.9. The second kappa shape index (κ2) is 4.29. The van der Waals surface area contributed by atoms with Crippen LogP contribution in [-0.4, -0.2) is 16.6 Å². The predicted octanol–water partition coefficient (Wildman–Crippen LogP) is 2.31. The number of urea groups is 1. The third-order valence-electron chi connectivity index (χ3n) is 1.64. The molecule has 0 bridgehead atoms. The molecule has 4 heteroatoms. The number of hydrogen-bond acceptors (Lipinski definition) is 2. The molecule has 0 atom stereocenters. The molecule has 0 aliphatic carbocycles. The highest BCUT2D eigenvalue weighted by molar-refractivity contribution is 5.89. The van der Waals surface area contributed by atoms with Gasteiger partial charge in [-0.05, 0) is 39.8 Å². The van der Waals surface area contributed by atoms with E-state index in [9.17, 15) is 4.79 Å². The molecule has 0 radical (unpaired) electrons. The fourth-order valence-corrected chi connectivity index (χ4v) is 1.13. The Morgan fingerprint density at radius 2 is 2.07 bits per heavy atom. The molecule has 0 aliphatic heterocycles.